The number of hydrogen-bond donors (Lipinski definition) is 1. The average Bonchev–Trinajstić information content (AvgIpc) is 2.73. The lowest BCUT2D eigenvalue weighted by Crippen LogP contribution is -2.36. The minimum atomic E-state index is -0.0108. The van der Waals surface area contributed by atoms with Gasteiger partial charge in [-0.2, -0.15) is 0 Å². The SMILES string of the molecule is CNc1ccc(-c2ccc(C(=O)N(C)C(C)Cc3cc(C)ccn3)cc2)nn1. The monoisotopic (exact) mass is 375 g/mol. The molecule has 1 aromatic carbocycles. The highest BCUT2D eigenvalue weighted by Crippen LogP contribution is 2.19. The van der Waals surface area contributed by atoms with Crippen molar-refractivity contribution in [2.75, 3.05) is 19.4 Å². The van der Waals surface area contributed by atoms with Crippen LogP contribution in [0.1, 0.15) is 28.5 Å². The number of carbonyl (C=O) groups excluding carboxylic acids is 1. The molecule has 0 spiro atoms. The Labute approximate surface area is 165 Å². The van der Waals surface area contributed by atoms with Gasteiger partial charge in [-0.15, -0.1) is 10.2 Å². The number of aromatic nitrogens is 3. The van der Waals surface area contributed by atoms with Gasteiger partial charge in [-0.3, -0.25) is 9.78 Å². The normalized spacial score (nSPS) is 11.7. The van der Waals surface area contributed by atoms with Crippen LogP contribution in [0.3, 0.4) is 0 Å². The van der Waals surface area contributed by atoms with Crippen LogP contribution in [0.25, 0.3) is 11.3 Å². The van der Waals surface area contributed by atoms with E-state index in [2.05, 4.69) is 26.6 Å². The van der Waals surface area contributed by atoms with Crippen molar-refractivity contribution in [3.63, 3.8) is 0 Å². The second-order valence-corrected chi connectivity index (χ2v) is 6.92. The van der Waals surface area contributed by atoms with E-state index in [9.17, 15) is 4.79 Å². The van der Waals surface area contributed by atoms with Crippen molar-refractivity contribution in [1.29, 1.82) is 0 Å². The summed E-state index contributed by atoms with van der Waals surface area (Å²) >= 11 is 0. The Kier molecular flexibility index (Phi) is 5.99. The van der Waals surface area contributed by atoms with Gasteiger partial charge in [0.15, 0.2) is 0 Å². The van der Waals surface area contributed by atoms with Crippen molar-refractivity contribution in [3.8, 4) is 11.3 Å². The van der Waals surface area contributed by atoms with Gasteiger partial charge in [-0.1, -0.05) is 12.1 Å². The number of nitrogens with one attached hydrogen (secondary N) is 1. The molecular formula is C22H25N5O. The fourth-order valence-electron chi connectivity index (χ4n) is 2.96. The van der Waals surface area contributed by atoms with Crippen LogP contribution in [0, 0.1) is 6.92 Å². The van der Waals surface area contributed by atoms with E-state index < -0.39 is 0 Å². The number of hydrogen-bond acceptors (Lipinski definition) is 5. The van der Waals surface area contributed by atoms with Crippen LogP contribution in [0.4, 0.5) is 5.82 Å². The molecule has 1 N–H and O–H groups in total. The maximum atomic E-state index is 12.8. The molecule has 0 saturated heterocycles. The van der Waals surface area contributed by atoms with Crippen LogP contribution >= 0.6 is 0 Å². The molecule has 1 atom stereocenters. The maximum absolute atomic E-state index is 12.8. The van der Waals surface area contributed by atoms with Crippen molar-refractivity contribution in [3.05, 3.63) is 71.5 Å². The molecule has 144 valence electrons. The second kappa shape index (κ2) is 8.61. The molecule has 3 rings (SSSR count). The Morgan fingerprint density at radius 1 is 1.11 bits per heavy atom. The van der Waals surface area contributed by atoms with E-state index in [0.717, 1.165) is 23.4 Å². The molecule has 0 fully saturated rings. The van der Waals surface area contributed by atoms with Crippen molar-refractivity contribution in [1.82, 2.24) is 20.1 Å². The summed E-state index contributed by atoms with van der Waals surface area (Å²) in [5, 5.41) is 11.2. The van der Waals surface area contributed by atoms with E-state index in [4.69, 9.17) is 0 Å². The number of rotatable bonds is 6. The summed E-state index contributed by atoms with van der Waals surface area (Å²) in [6.45, 7) is 4.08. The quantitative estimate of drug-likeness (QED) is 0.713. The minimum absolute atomic E-state index is 0.0108. The minimum Gasteiger partial charge on any atom is -0.372 e. The fourth-order valence-corrected chi connectivity index (χ4v) is 2.96. The third-order valence-corrected chi connectivity index (χ3v) is 4.81. The number of likely N-dealkylation sites (N-methyl/N-ethyl adjacent to an activating group) is 1. The van der Waals surface area contributed by atoms with E-state index >= 15 is 0 Å². The third-order valence-electron chi connectivity index (χ3n) is 4.81. The van der Waals surface area contributed by atoms with Gasteiger partial charge in [-0.25, -0.2) is 0 Å². The zero-order valence-corrected chi connectivity index (χ0v) is 16.7. The van der Waals surface area contributed by atoms with Crippen LogP contribution in [0.15, 0.2) is 54.7 Å². The number of pyridine rings is 1. The zero-order valence-electron chi connectivity index (χ0n) is 16.7. The van der Waals surface area contributed by atoms with Gasteiger partial charge in [0, 0.05) is 49.6 Å². The van der Waals surface area contributed by atoms with Gasteiger partial charge in [0.2, 0.25) is 0 Å². The first-order chi connectivity index (χ1) is 13.5. The number of amides is 1. The van der Waals surface area contributed by atoms with E-state index in [1.165, 1.54) is 5.56 Å². The van der Waals surface area contributed by atoms with Crippen LogP contribution in [0.5, 0.6) is 0 Å². The number of aryl methyl sites for hydroxylation is 1. The van der Waals surface area contributed by atoms with Crippen molar-refractivity contribution in [2.45, 2.75) is 26.3 Å². The predicted molar refractivity (Wildman–Crippen MR) is 111 cm³/mol. The molecule has 6 heteroatoms. The van der Waals surface area contributed by atoms with E-state index in [1.54, 1.807) is 11.9 Å². The molecule has 1 unspecified atom stereocenters. The van der Waals surface area contributed by atoms with Gasteiger partial charge in [0.05, 0.1) is 5.69 Å². The Morgan fingerprint density at radius 3 is 2.46 bits per heavy atom. The van der Waals surface area contributed by atoms with Crippen LogP contribution in [-0.2, 0) is 6.42 Å². The summed E-state index contributed by atoms with van der Waals surface area (Å²) in [4.78, 5) is 19.0. The summed E-state index contributed by atoms with van der Waals surface area (Å²) in [6, 6.07) is 15.3. The zero-order chi connectivity index (χ0) is 20.1. The summed E-state index contributed by atoms with van der Waals surface area (Å²) in [5.74, 6) is 0.706. The predicted octanol–water partition coefficient (Wildman–Crippen LogP) is 3.59. The molecule has 0 aliphatic heterocycles. The third kappa shape index (κ3) is 4.52. The summed E-state index contributed by atoms with van der Waals surface area (Å²) < 4.78 is 0. The average molecular weight is 375 g/mol. The lowest BCUT2D eigenvalue weighted by Gasteiger charge is -2.25. The Balaban J connectivity index is 1.69. The van der Waals surface area contributed by atoms with Crippen molar-refractivity contribution in [2.24, 2.45) is 0 Å². The molecule has 0 saturated carbocycles. The van der Waals surface area contributed by atoms with Gasteiger partial charge < -0.3 is 10.2 Å². The van der Waals surface area contributed by atoms with Gasteiger partial charge in [-0.05, 0) is 55.8 Å². The Bertz CT molecular complexity index is 938. The van der Waals surface area contributed by atoms with Crippen LogP contribution < -0.4 is 5.32 Å². The molecule has 0 aliphatic rings. The van der Waals surface area contributed by atoms with Crippen LogP contribution in [-0.4, -0.2) is 46.1 Å². The highest BCUT2D eigenvalue weighted by Gasteiger charge is 2.18. The van der Waals surface area contributed by atoms with Crippen LogP contribution in [0.2, 0.25) is 0 Å². The molecular weight excluding hydrogens is 350 g/mol. The molecule has 6 nitrogen and oxygen atoms in total. The molecule has 3 aromatic rings. The summed E-state index contributed by atoms with van der Waals surface area (Å²) in [5.41, 5.74) is 4.51. The molecule has 28 heavy (non-hydrogen) atoms. The largest absolute Gasteiger partial charge is 0.372 e. The summed E-state index contributed by atoms with van der Waals surface area (Å²) in [7, 11) is 3.63. The van der Waals surface area contributed by atoms with Gasteiger partial charge in [0.25, 0.3) is 5.91 Å². The number of benzene rings is 1. The highest BCUT2D eigenvalue weighted by molar-refractivity contribution is 5.94. The first-order valence-corrected chi connectivity index (χ1v) is 9.28. The topological polar surface area (TPSA) is 71.0 Å². The van der Waals surface area contributed by atoms with Crippen molar-refractivity contribution < 1.29 is 4.79 Å². The summed E-state index contributed by atoms with van der Waals surface area (Å²) in [6.07, 6.45) is 2.53. The molecule has 1 amide bonds. The van der Waals surface area contributed by atoms with E-state index in [1.807, 2.05) is 69.6 Å². The number of nitrogens with zero attached hydrogens (tertiary/aromatic N) is 4. The number of anilines is 1. The van der Waals surface area contributed by atoms with Gasteiger partial charge >= 0.3 is 0 Å². The maximum Gasteiger partial charge on any atom is 0.253 e. The first kappa shape index (κ1) is 19.5. The Hall–Kier alpha value is -3.28. The highest BCUT2D eigenvalue weighted by atomic mass is 16.2. The standard InChI is InChI=1S/C22H25N5O/c1-15-11-12-24-19(13-15)14-16(2)27(4)22(28)18-7-5-17(6-8-18)20-9-10-21(23-3)26-25-20/h5-13,16H,14H2,1-4H3,(H,23,26). The smallest absolute Gasteiger partial charge is 0.253 e. The molecule has 2 heterocycles. The molecule has 0 bridgehead atoms. The van der Waals surface area contributed by atoms with E-state index in [0.29, 0.717) is 11.4 Å². The van der Waals surface area contributed by atoms with Gasteiger partial charge in [0.1, 0.15) is 5.82 Å². The van der Waals surface area contributed by atoms with E-state index in [-0.39, 0.29) is 11.9 Å². The molecule has 0 aliphatic carbocycles. The molecule has 2 aromatic heterocycles. The van der Waals surface area contributed by atoms with Crippen molar-refractivity contribution >= 4 is 11.7 Å². The fraction of sp³-hybridized carbons (Fsp3) is 0.273. The second-order valence-electron chi connectivity index (χ2n) is 6.92. The Morgan fingerprint density at radius 2 is 1.86 bits per heavy atom. The first-order valence-electron chi connectivity index (χ1n) is 9.28. The molecule has 0 radical (unpaired) electrons. The lowest BCUT2D eigenvalue weighted by atomic mass is 10.1. The lowest BCUT2D eigenvalue weighted by molar-refractivity contribution is 0.0743. The number of carbonyl (C=O) groups is 1.